The quantitative estimate of drug-likeness (QED) is 0.166. The highest BCUT2D eigenvalue weighted by Gasteiger charge is 2.36. The summed E-state index contributed by atoms with van der Waals surface area (Å²) in [5.41, 5.74) is 1.49. The fourth-order valence-electron chi connectivity index (χ4n) is 5.65. The van der Waals surface area contributed by atoms with Crippen molar-refractivity contribution in [2.75, 3.05) is 10.8 Å². The number of carbonyl (C=O) groups excluding carboxylic acids is 2. The highest BCUT2D eigenvalue weighted by Crippen LogP contribution is 2.30. The Hall–Kier alpha value is -3.56. The number of halogens is 3. The second kappa shape index (κ2) is 15.4. The molecule has 1 unspecified atom stereocenters. The van der Waals surface area contributed by atoms with Gasteiger partial charge in [-0.15, -0.1) is 0 Å². The summed E-state index contributed by atoms with van der Waals surface area (Å²) in [5.74, 6) is -0.939. The Morgan fingerprint density at radius 1 is 0.804 bits per heavy atom. The van der Waals surface area contributed by atoms with E-state index in [-0.39, 0.29) is 35.5 Å². The van der Waals surface area contributed by atoms with E-state index in [9.17, 15) is 18.0 Å². The maximum absolute atomic E-state index is 14.6. The molecule has 11 heteroatoms. The number of sulfonamides is 1. The van der Waals surface area contributed by atoms with Crippen molar-refractivity contribution in [3.05, 3.63) is 129 Å². The predicted octanol–water partition coefficient (Wildman–Crippen LogP) is 7.54. The summed E-state index contributed by atoms with van der Waals surface area (Å²) in [5, 5.41) is 4.10. The van der Waals surface area contributed by atoms with E-state index in [1.165, 1.54) is 23.1 Å². The number of rotatable bonds is 12. The number of nitrogens with one attached hydrogen (secondary N) is 1. The van der Waals surface area contributed by atoms with Gasteiger partial charge in [-0.3, -0.25) is 13.9 Å². The Bertz CT molecular complexity index is 1750. The van der Waals surface area contributed by atoms with Crippen LogP contribution in [0.25, 0.3) is 0 Å². The van der Waals surface area contributed by atoms with Crippen LogP contribution in [0.15, 0.2) is 108 Å². The molecule has 0 aromatic heterocycles. The molecule has 0 radical (unpaired) electrons. The SMILES string of the molecule is O=C(NC1CCCC1)C(Cc1ccccc1)N(Cc1c(Cl)cccc1Cl)C(=O)CN(c1cccc(Cl)c1)S(=O)(=O)c1ccccc1. The summed E-state index contributed by atoms with van der Waals surface area (Å²) in [7, 11) is -4.24. The van der Waals surface area contributed by atoms with E-state index in [0.717, 1.165) is 35.6 Å². The molecule has 46 heavy (non-hydrogen) atoms. The van der Waals surface area contributed by atoms with Gasteiger partial charge in [0.15, 0.2) is 0 Å². The second-order valence-electron chi connectivity index (χ2n) is 11.2. The van der Waals surface area contributed by atoms with Crippen LogP contribution in [-0.2, 0) is 32.6 Å². The van der Waals surface area contributed by atoms with Gasteiger partial charge in [0.25, 0.3) is 10.0 Å². The van der Waals surface area contributed by atoms with E-state index in [2.05, 4.69) is 5.32 Å². The van der Waals surface area contributed by atoms with E-state index >= 15 is 0 Å². The molecule has 1 aliphatic carbocycles. The third-order valence-electron chi connectivity index (χ3n) is 8.07. The van der Waals surface area contributed by atoms with Crippen LogP contribution in [0, 0.1) is 0 Å². The highest BCUT2D eigenvalue weighted by atomic mass is 35.5. The molecule has 7 nitrogen and oxygen atoms in total. The molecule has 1 N–H and O–H groups in total. The lowest BCUT2D eigenvalue weighted by Gasteiger charge is -2.34. The Balaban J connectivity index is 1.59. The minimum Gasteiger partial charge on any atom is -0.352 e. The number of amides is 2. The normalized spacial score (nSPS) is 14.1. The Morgan fingerprint density at radius 2 is 1.41 bits per heavy atom. The molecular formula is C35H34Cl3N3O4S. The fourth-order valence-corrected chi connectivity index (χ4v) is 7.78. The van der Waals surface area contributed by atoms with E-state index in [4.69, 9.17) is 34.8 Å². The molecule has 4 aromatic carbocycles. The van der Waals surface area contributed by atoms with E-state index in [1.807, 2.05) is 30.3 Å². The molecule has 5 rings (SSSR count). The van der Waals surface area contributed by atoms with Gasteiger partial charge in [0.2, 0.25) is 11.8 Å². The van der Waals surface area contributed by atoms with E-state index < -0.39 is 28.5 Å². The van der Waals surface area contributed by atoms with Crippen LogP contribution in [0.5, 0.6) is 0 Å². The zero-order valence-electron chi connectivity index (χ0n) is 25.0. The molecule has 0 aliphatic heterocycles. The molecule has 0 spiro atoms. The first-order valence-electron chi connectivity index (χ1n) is 15.0. The van der Waals surface area contributed by atoms with Gasteiger partial charge in [0, 0.05) is 39.6 Å². The summed E-state index contributed by atoms with van der Waals surface area (Å²) in [4.78, 5) is 30.1. The van der Waals surface area contributed by atoms with Gasteiger partial charge >= 0.3 is 0 Å². The van der Waals surface area contributed by atoms with Crippen molar-refractivity contribution < 1.29 is 18.0 Å². The lowest BCUT2D eigenvalue weighted by atomic mass is 10.0. The summed E-state index contributed by atoms with van der Waals surface area (Å²) < 4.78 is 29.2. The molecule has 1 saturated carbocycles. The summed E-state index contributed by atoms with van der Waals surface area (Å²) in [6.07, 6.45) is 3.92. The van der Waals surface area contributed by atoms with Crippen LogP contribution in [-0.4, -0.2) is 43.8 Å². The standard InChI is InChI=1S/C35H34Cl3N3O4S/c36-26-13-9-16-28(22-26)41(46(44,45)29-17-5-2-6-18-29)24-34(42)40(23-30-31(37)19-10-20-32(30)38)33(21-25-11-3-1-4-12-25)35(43)39-27-14-7-8-15-27/h1-6,9-13,16-20,22,27,33H,7-8,14-15,21,23-24H2,(H,39,43). The van der Waals surface area contributed by atoms with Crippen molar-refractivity contribution in [1.29, 1.82) is 0 Å². The van der Waals surface area contributed by atoms with Crippen molar-refractivity contribution in [2.45, 2.75) is 55.6 Å². The van der Waals surface area contributed by atoms with Crippen molar-refractivity contribution >= 4 is 62.3 Å². The van der Waals surface area contributed by atoms with Crippen LogP contribution in [0.1, 0.15) is 36.8 Å². The molecule has 1 atom stereocenters. The van der Waals surface area contributed by atoms with Crippen molar-refractivity contribution in [3.63, 3.8) is 0 Å². The van der Waals surface area contributed by atoms with Gasteiger partial charge in [-0.05, 0) is 60.9 Å². The summed E-state index contributed by atoms with van der Waals surface area (Å²) in [6, 6.07) is 27.6. The molecule has 1 fully saturated rings. The van der Waals surface area contributed by atoms with Crippen LogP contribution < -0.4 is 9.62 Å². The average Bonchev–Trinajstić information content (AvgIpc) is 3.56. The second-order valence-corrected chi connectivity index (χ2v) is 14.3. The molecule has 1 aliphatic rings. The summed E-state index contributed by atoms with van der Waals surface area (Å²) in [6.45, 7) is -0.733. The van der Waals surface area contributed by atoms with Gasteiger partial charge in [-0.1, -0.05) is 108 Å². The Morgan fingerprint density at radius 3 is 2.04 bits per heavy atom. The molecule has 0 bridgehead atoms. The first-order chi connectivity index (χ1) is 22.1. The topological polar surface area (TPSA) is 86.8 Å². The minimum absolute atomic E-state index is 0.00304. The van der Waals surface area contributed by atoms with Crippen LogP contribution in [0.2, 0.25) is 15.1 Å². The largest absolute Gasteiger partial charge is 0.352 e. The lowest BCUT2D eigenvalue weighted by molar-refractivity contribution is -0.140. The third kappa shape index (κ3) is 8.23. The molecule has 240 valence electrons. The monoisotopic (exact) mass is 697 g/mol. The molecule has 2 amide bonds. The highest BCUT2D eigenvalue weighted by molar-refractivity contribution is 7.92. The Labute approximate surface area is 285 Å². The van der Waals surface area contributed by atoms with Crippen LogP contribution in [0.4, 0.5) is 5.69 Å². The first-order valence-corrected chi connectivity index (χ1v) is 17.6. The fraction of sp³-hybridized carbons (Fsp3) is 0.257. The van der Waals surface area contributed by atoms with E-state index in [1.54, 1.807) is 54.6 Å². The molecule has 0 heterocycles. The molecular weight excluding hydrogens is 665 g/mol. The maximum atomic E-state index is 14.6. The van der Waals surface area contributed by atoms with Crippen molar-refractivity contribution in [1.82, 2.24) is 10.2 Å². The van der Waals surface area contributed by atoms with Crippen molar-refractivity contribution in [3.8, 4) is 0 Å². The minimum atomic E-state index is -4.24. The van der Waals surface area contributed by atoms with E-state index in [0.29, 0.717) is 20.6 Å². The molecule has 4 aromatic rings. The zero-order chi connectivity index (χ0) is 32.7. The van der Waals surface area contributed by atoms with Crippen LogP contribution >= 0.6 is 34.8 Å². The number of hydrogen-bond donors (Lipinski definition) is 1. The van der Waals surface area contributed by atoms with Gasteiger partial charge < -0.3 is 10.2 Å². The predicted molar refractivity (Wildman–Crippen MR) is 184 cm³/mol. The lowest BCUT2D eigenvalue weighted by Crippen LogP contribution is -2.54. The number of anilines is 1. The number of benzene rings is 4. The van der Waals surface area contributed by atoms with Gasteiger partial charge in [0.1, 0.15) is 12.6 Å². The van der Waals surface area contributed by atoms with Gasteiger partial charge in [-0.2, -0.15) is 0 Å². The third-order valence-corrected chi connectivity index (χ3v) is 10.8. The number of hydrogen-bond acceptors (Lipinski definition) is 4. The maximum Gasteiger partial charge on any atom is 0.264 e. The number of nitrogens with zero attached hydrogens (tertiary/aromatic N) is 2. The first kappa shape index (κ1) is 33.8. The zero-order valence-corrected chi connectivity index (χ0v) is 28.1. The number of carbonyl (C=O) groups is 2. The average molecular weight is 699 g/mol. The smallest absolute Gasteiger partial charge is 0.264 e. The molecule has 0 saturated heterocycles. The summed E-state index contributed by atoms with van der Waals surface area (Å²) >= 11 is 19.5. The Kier molecular flexibility index (Phi) is 11.3. The van der Waals surface area contributed by atoms with Gasteiger partial charge in [-0.25, -0.2) is 8.42 Å². The van der Waals surface area contributed by atoms with Crippen LogP contribution in [0.3, 0.4) is 0 Å². The van der Waals surface area contributed by atoms with Gasteiger partial charge in [0.05, 0.1) is 10.6 Å². The van der Waals surface area contributed by atoms with Crippen molar-refractivity contribution in [2.24, 2.45) is 0 Å².